The molecule has 1 unspecified atom stereocenters. The van der Waals surface area contributed by atoms with Crippen LogP contribution >= 0.6 is 0 Å². The summed E-state index contributed by atoms with van der Waals surface area (Å²) in [5.74, 6) is 0.963. The standard InChI is InChI=1S/C21H26F3N5O2/c1-25-20(28-17-7-8-29(13-17)14-21(22,23)24)27-11-15-4-2-5-16(10-15)19(30)26-12-18-6-3-9-31-18/h2-6,9-10,17H,7-8,11-14H2,1H3,(H,26,30)(H2,25,27,28). The molecule has 1 aliphatic rings. The van der Waals surface area contributed by atoms with Crippen molar-refractivity contribution in [2.24, 2.45) is 4.99 Å². The zero-order chi connectivity index (χ0) is 22.3. The van der Waals surface area contributed by atoms with Crippen LogP contribution in [0.4, 0.5) is 13.2 Å². The van der Waals surface area contributed by atoms with E-state index in [1.807, 2.05) is 6.07 Å². The van der Waals surface area contributed by atoms with Gasteiger partial charge in [-0.3, -0.25) is 14.7 Å². The molecule has 31 heavy (non-hydrogen) atoms. The maximum absolute atomic E-state index is 12.5. The summed E-state index contributed by atoms with van der Waals surface area (Å²) in [7, 11) is 1.61. The van der Waals surface area contributed by atoms with E-state index in [1.54, 1.807) is 43.6 Å². The molecule has 0 aliphatic carbocycles. The summed E-state index contributed by atoms with van der Waals surface area (Å²) in [4.78, 5) is 17.9. The first-order chi connectivity index (χ1) is 14.8. The van der Waals surface area contributed by atoms with Crippen molar-refractivity contribution in [1.29, 1.82) is 0 Å². The Kier molecular flexibility index (Phi) is 7.56. The van der Waals surface area contributed by atoms with Gasteiger partial charge in [-0.25, -0.2) is 0 Å². The van der Waals surface area contributed by atoms with E-state index in [0.717, 1.165) is 5.56 Å². The maximum Gasteiger partial charge on any atom is 0.401 e. The summed E-state index contributed by atoms with van der Waals surface area (Å²) in [5, 5.41) is 9.11. The molecule has 3 N–H and O–H groups in total. The lowest BCUT2D eigenvalue weighted by Gasteiger charge is -2.20. The Morgan fingerprint density at radius 1 is 1.23 bits per heavy atom. The fourth-order valence-electron chi connectivity index (χ4n) is 3.43. The van der Waals surface area contributed by atoms with Gasteiger partial charge in [-0.05, 0) is 36.2 Å². The molecular formula is C21H26F3N5O2. The predicted molar refractivity (Wildman–Crippen MR) is 111 cm³/mol. The Morgan fingerprint density at radius 3 is 2.77 bits per heavy atom. The molecule has 1 aliphatic heterocycles. The Morgan fingerprint density at radius 2 is 2.06 bits per heavy atom. The topological polar surface area (TPSA) is 81.9 Å². The van der Waals surface area contributed by atoms with E-state index < -0.39 is 12.7 Å². The molecule has 0 bridgehead atoms. The molecule has 1 aromatic heterocycles. The van der Waals surface area contributed by atoms with Gasteiger partial charge in [0, 0.05) is 38.3 Å². The molecule has 0 spiro atoms. The molecule has 1 fully saturated rings. The molecule has 7 nitrogen and oxygen atoms in total. The van der Waals surface area contributed by atoms with Gasteiger partial charge >= 0.3 is 6.18 Å². The fraction of sp³-hybridized carbons (Fsp3) is 0.429. The van der Waals surface area contributed by atoms with E-state index >= 15 is 0 Å². The van der Waals surface area contributed by atoms with Crippen molar-refractivity contribution in [1.82, 2.24) is 20.9 Å². The lowest BCUT2D eigenvalue weighted by atomic mass is 10.1. The van der Waals surface area contributed by atoms with Crippen molar-refractivity contribution in [3.05, 3.63) is 59.5 Å². The summed E-state index contributed by atoms with van der Waals surface area (Å²) in [6.45, 7) is 0.524. The van der Waals surface area contributed by atoms with E-state index in [0.29, 0.717) is 49.9 Å². The fourth-order valence-corrected chi connectivity index (χ4v) is 3.43. The Labute approximate surface area is 178 Å². The van der Waals surface area contributed by atoms with Crippen LogP contribution in [0.1, 0.15) is 28.1 Å². The highest BCUT2D eigenvalue weighted by Crippen LogP contribution is 2.19. The third-order valence-electron chi connectivity index (χ3n) is 4.89. The number of nitrogens with zero attached hydrogens (tertiary/aromatic N) is 2. The van der Waals surface area contributed by atoms with Crippen LogP contribution in [0.25, 0.3) is 0 Å². The number of benzene rings is 1. The van der Waals surface area contributed by atoms with Crippen molar-refractivity contribution in [3.63, 3.8) is 0 Å². The highest BCUT2D eigenvalue weighted by molar-refractivity contribution is 5.94. The number of rotatable bonds is 7. The van der Waals surface area contributed by atoms with Gasteiger partial charge in [0.2, 0.25) is 0 Å². The summed E-state index contributed by atoms with van der Waals surface area (Å²) in [6.07, 6.45) is -2.03. The molecule has 0 radical (unpaired) electrons. The quantitative estimate of drug-likeness (QED) is 0.458. The highest BCUT2D eigenvalue weighted by atomic mass is 19.4. The second-order valence-electron chi connectivity index (χ2n) is 7.37. The van der Waals surface area contributed by atoms with Gasteiger partial charge in [0.1, 0.15) is 5.76 Å². The van der Waals surface area contributed by atoms with Gasteiger partial charge in [-0.2, -0.15) is 13.2 Å². The maximum atomic E-state index is 12.5. The third kappa shape index (κ3) is 7.32. The van der Waals surface area contributed by atoms with E-state index in [9.17, 15) is 18.0 Å². The first kappa shape index (κ1) is 22.7. The van der Waals surface area contributed by atoms with Gasteiger partial charge < -0.3 is 20.4 Å². The SMILES string of the molecule is CN=C(NCc1cccc(C(=O)NCc2ccco2)c1)NC1CCN(CC(F)(F)F)C1. The van der Waals surface area contributed by atoms with Gasteiger partial charge in [0.15, 0.2) is 5.96 Å². The van der Waals surface area contributed by atoms with Crippen LogP contribution in [0, 0.1) is 0 Å². The van der Waals surface area contributed by atoms with Gasteiger partial charge in [0.05, 0.1) is 19.4 Å². The summed E-state index contributed by atoms with van der Waals surface area (Å²) >= 11 is 0. The van der Waals surface area contributed by atoms with Crippen LogP contribution in [-0.4, -0.2) is 55.7 Å². The van der Waals surface area contributed by atoms with Gasteiger partial charge in [-0.1, -0.05) is 12.1 Å². The Hall–Kier alpha value is -3.01. The molecule has 0 saturated carbocycles. The second-order valence-corrected chi connectivity index (χ2v) is 7.37. The lowest BCUT2D eigenvalue weighted by molar-refractivity contribution is -0.143. The van der Waals surface area contributed by atoms with E-state index in [-0.39, 0.29) is 11.9 Å². The molecule has 1 amide bonds. The number of amides is 1. The monoisotopic (exact) mass is 437 g/mol. The smallest absolute Gasteiger partial charge is 0.401 e. The number of guanidine groups is 1. The first-order valence-electron chi connectivity index (χ1n) is 9.98. The van der Waals surface area contributed by atoms with Crippen LogP contribution in [0.3, 0.4) is 0 Å². The van der Waals surface area contributed by atoms with E-state index in [4.69, 9.17) is 4.42 Å². The van der Waals surface area contributed by atoms with Crippen LogP contribution in [0.2, 0.25) is 0 Å². The van der Waals surface area contributed by atoms with Gasteiger partial charge in [-0.15, -0.1) is 0 Å². The molecule has 2 aromatic rings. The van der Waals surface area contributed by atoms with Crippen molar-refractivity contribution < 1.29 is 22.4 Å². The molecule has 10 heteroatoms. The number of furan rings is 1. The minimum atomic E-state index is -4.19. The number of hydrogen-bond donors (Lipinski definition) is 3. The van der Waals surface area contributed by atoms with Crippen molar-refractivity contribution >= 4 is 11.9 Å². The summed E-state index contributed by atoms with van der Waals surface area (Å²) in [5.41, 5.74) is 1.39. The number of halogens is 3. The largest absolute Gasteiger partial charge is 0.467 e. The van der Waals surface area contributed by atoms with Crippen molar-refractivity contribution in [2.45, 2.75) is 31.7 Å². The zero-order valence-corrected chi connectivity index (χ0v) is 17.2. The number of likely N-dealkylation sites (tertiary alicyclic amines) is 1. The number of carbonyl (C=O) groups is 1. The van der Waals surface area contributed by atoms with Gasteiger partial charge in [0.25, 0.3) is 5.91 Å². The summed E-state index contributed by atoms with van der Waals surface area (Å²) in [6, 6.07) is 10.6. The van der Waals surface area contributed by atoms with Crippen LogP contribution in [-0.2, 0) is 13.1 Å². The molecule has 168 valence electrons. The Bertz CT molecular complexity index is 883. The molecule has 2 heterocycles. The minimum absolute atomic E-state index is 0.104. The first-order valence-corrected chi connectivity index (χ1v) is 9.98. The Balaban J connectivity index is 1.47. The molecule has 3 rings (SSSR count). The number of nitrogens with one attached hydrogen (secondary N) is 3. The number of alkyl halides is 3. The minimum Gasteiger partial charge on any atom is -0.467 e. The molecular weight excluding hydrogens is 411 g/mol. The van der Waals surface area contributed by atoms with Crippen LogP contribution in [0.15, 0.2) is 52.1 Å². The van der Waals surface area contributed by atoms with E-state index in [1.165, 1.54) is 4.90 Å². The number of aliphatic imine (C=N–C) groups is 1. The molecule has 1 atom stereocenters. The van der Waals surface area contributed by atoms with E-state index in [2.05, 4.69) is 20.9 Å². The summed E-state index contributed by atoms with van der Waals surface area (Å²) < 4.78 is 42.9. The third-order valence-corrected chi connectivity index (χ3v) is 4.89. The number of hydrogen-bond acceptors (Lipinski definition) is 4. The molecule has 1 saturated heterocycles. The average molecular weight is 437 g/mol. The van der Waals surface area contributed by atoms with Crippen molar-refractivity contribution in [3.8, 4) is 0 Å². The van der Waals surface area contributed by atoms with Crippen molar-refractivity contribution in [2.75, 3.05) is 26.7 Å². The zero-order valence-electron chi connectivity index (χ0n) is 17.2. The molecule has 1 aromatic carbocycles. The normalized spacial score (nSPS) is 17.5. The second kappa shape index (κ2) is 10.3. The van der Waals surface area contributed by atoms with Crippen LogP contribution < -0.4 is 16.0 Å². The van der Waals surface area contributed by atoms with Crippen LogP contribution in [0.5, 0.6) is 0 Å². The highest BCUT2D eigenvalue weighted by Gasteiger charge is 2.34. The average Bonchev–Trinajstić information content (AvgIpc) is 3.40. The number of carbonyl (C=O) groups excluding carboxylic acids is 1. The predicted octanol–water partition coefficient (Wildman–Crippen LogP) is 2.51. The lowest BCUT2D eigenvalue weighted by Crippen LogP contribution is -2.44.